The molecule has 3 rings (SSSR count). The van der Waals surface area contributed by atoms with Crippen LogP contribution in [0.3, 0.4) is 0 Å². The molecular formula is C20H34N2O5. The second-order valence-corrected chi connectivity index (χ2v) is 9.57. The second kappa shape index (κ2) is 7.24. The highest BCUT2D eigenvalue weighted by atomic mass is 16.6. The van der Waals surface area contributed by atoms with E-state index in [1.54, 1.807) is 9.80 Å². The third-order valence-corrected chi connectivity index (χ3v) is 6.26. The van der Waals surface area contributed by atoms with Crippen molar-refractivity contribution in [1.82, 2.24) is 9.80 Å². The largest absolute Gasteiger partial charge is 0.444 e. The molecule has 1 N–H and O–H groups in total. The number of aliphatic hydroxyl groups is 1. The molecule has 154 valence electrons. The zero-order valence-electron chi connectivity index (χ0n) is 17.1. The van der Waals surface area contributed by atoms with E-state index in [1.165, 1.54) is 0 Å². The first-order valence-electron chi connectivity index (χ1n) is 10.1. The van der Waals surface area contributed by atoms with E-state index in [0.717, 1.165) is 25.7 Å². The zero-order valence-corrected chi connectivity index (χ0v) is 17.1. The van der Waals surface area contributed by atoms with E-state index < -0.39 is 11.2 Å². The van der Waals surface area contributed by atoms with Gasteiger partial charge in [-0.05, 0) is 47.0 Å². The van der Waals surface area contributed by atoms with Crippen LogP contribution in [0.4, 0.5) is 4.79 Å². The molecule has 1 spiro atoms. The van der Waals surface area contributed by atoms with E-state index in [2.05, 4.69) is 0 Å². The summed E-state index contributed by atoms with van der Waals surface area (Å²) in [7, 11) is 0. The third kappa shape index (κ3) is 4.24. The van der Waals surface area contributed by atoms with Gasteiger partial charge in [-0.2, -0.15) is 0 Å². The molecule has 2 amide bonds. The number of nitrogens with zero attached hydrogens (tertiary/aromatic N) is 2. The lowest BCUT2D eigenvalue weighted by Gasteiger charge is -2.53. The molecule has 2 atom stereocenters. The van der Waals surface area contributed by atoms with Crippen molar-refractivity contribution in [3.8, 4) is 0 Å². The summed E-state index contributed by atoms with van der Waals surface area (Å²) in [5.74, 6) is -0.0655. The fourth-order valence-corrected chi connectivity index (χ4v) is 4.82. The highest BCUT2D eigenvalue weighted by Crippen LogP contribution is 2.51. The van der Waals surface area contributed by atoms with E-state index in [0.29, 0.717) is 32.6 Å². The lowest BCUT2D eigenvalue weighted by molar-refractivity contribution is -0.171. The molecule has 1 unspecified atom stereocenters. The van der Waals surface area contributed by atoms with Crippen molar-refractivity contribution in [3.63, 3.8) is 0 Å². The minimum absolute atomic E-state index is 0.0207. The summed E-state index contributed by atoms with van der Waals surface area (Å²) in [6.07, 6.45) is 3.95. The monoisotopic (exact) mass is 382 g/mol. The molecule has 3 aliphatic rings. The maximum atomic E-state index is 12.6. The van der Waals surface area contributed by atoms with Crippen LogP contribution >= 0.6 is 0 Å². The van der Waals surface area contributed by atoms with Crippen LogP contribution in [0, 0.1) is 5.41 Å². The number of piperidine rings is 1. The number of hydrogen-bond acceptors (Lipinski definition) is 5. The Labute approximate surface area is 162 Å². The van der Waals surface area contributed by atoms with Gasteiger partial charge < -0.3 is 24.4 Å². The van der Waals surface area contributed by atoms with E-state index in [1.807, 2.05) is 27.7 Å². The standard InChI is InChI=1S/C20H34N2O5/c1-15-11-22(16(23)12-26-15)14-20(25)9-10-21(17(24)27-18(2,3)4)13-19(20)7-5-6-8-19/h15,25H,5-14H2,1-4H3/t15-,20?/m1/s1. The van der Waals surface area contributed by atoms with Gasteiger partial charge in [-0.3, -0.25) is 4.79 Å². The van der Waals surface area contributed by atoms with Crippen molar-refractivity contribution in [3.05, 3.63) is 0 Å². The fourth-order valence-electron chi connectivity index (χ4n) is 4.82. The Morgan fingerprint density at radius 2 is 1.96 bits per heavy atom. The summed E-state index contributed by atoms with van der Waals surface area (Å²) in [6.45, 7) is 9.38. The zero-order chi connectivity index (χ0) is 19.9. The first kappa shape index (κ1) is 20.4. The molecule has 2 heterocycles. The fraction of sp³-hybridized carbons (Fsp3) is 0.900. The Morgan fingerprint density at radius 1 is 1.30 bits per heavy atom. The van der Waals surface area contributed by atoms with Crippen LogP contribution in [0.15, 0.2) is 0 Å². The van der Waals surface area contributed by atoms with E-state index in [4.69, 9.17) is 9.47 Å². The lowest BCUT2D eigenvalue weighted by Crippen LogP contribution is -2.65. The van der Waals surface area contributed by atoms with Gasteiger partial charge in [-0.15, -0.1) is 0 Å². The van der Waals surface area contributed by atoms with Crippen LogP contribution in [0.1, 0.15) is 59.8 Å². The van der Waals surface area contributed by atoms with Gasteiger partial charge in [-0.25, -0.2) is 4.79 Å². The van der Waals surface area contributed by atoms with Crippen LogP contribution in [-0.2, 0) is 14.3 Å². The maximum absolute atomic E-state index is 12.6. The molecule has 0 aromatic rings. The van der Waals surface area contributed by atoms with Gasteiger partial charge in [0.1, 0.15) is 12.2 Å². The molecule has 27 heavy (non-hydrogen) atoms. The first-order valence-corrected chi connectivity index (χ1v) is 10.1. The Kier molecular flexibility index (Phi) is 5.47. The van der Waals surface area contributed by atoms with Crippen LogP contribution < -0.4 is 0 Å². The number of carbonyl (C=O) groups excluding carboxylic acids is 2. The Balaban J connectivity index is 1.76. The highest BCUT2D eigenvalue weighted by molar-refractivity contribution is 5.78. The maximum Gasteiger partial charge on any atom is 0.410 e. The molecule has 0 radical (unpaired) electrons. The number of carbonyl (C=O) groups is 2. The van der Waals surface area contributed by atoms with Crippen LogP contribution in [0.25, 0.3) is 0 Å². The summed E-state index contributed by atoms with van der Waals surface area (Å²) in [4.78, 5) is 28.4. The van der Waals surface area contributed by atoms with Gasteiger partial charge >= 0.3 is 6.09 Å². The number of amides is 2. The molecule has 2 aliphatic heterocycles. The molecule has 1 saturated carbocycles. The van der Waals surface area contributed by atoms with Gasteiger partial charge in [0, 0.05) is 25.0 Å². The normalized spacial score (nSPS) is 31.4. The molecule has 7 nitrogen and oxygen atoms in total. The second-order valence-electron chi connectivity index (χ2n) is 9.57. The minimum Gasteiger partial charge on any atom is -0.444 e. The van der Waals surface area contributed by atoms with E-state index in [9.17, 15) is 14.7 Å². The minimum atomic E-state index is -0.977. The highest BCUT2D eigenvalue weighted by Gasteiger charge is 2.56. The number of rotatable bonds is 2. The molecule has 1 aliphatic carbocycles. The number of β-amino-alcohol motifs (C(OH)–C–C–N with tert-alkyl or cyclic N) is 1. The number of hydrogen-bond donors (Lipinski definition) is 1. The number of morpholine rings is 1. The summed E-state index contributed by atoms with van der Waals surface area (Å²) >= 11 is 0. The molecule has 0 aromatic carbocycles. The average molecular weight is 383 g/mol. The van der Waals surface area contributed by atoms with Crippen LogP contribution in [-0.4, -0.2) is 77.0 Å². The van der Waals surface area contributed by atoms with Crippen molar-refractivity contribution >= 4 is 12.0 Å². The van der Waals surface area contributed by atoms with Gasteiger partial charge in [0.2, 0.25) is 5.91 Å². The van der Waals surface area contributed by atoms with Crippen molar-refractivity contribution in [2.45, 2.75) is 77.1 Å². The average Bonchev–Trinajstić information content (AvgIpc) is 3.02. The van der Waals surface area contributed by atoms with Gasteiger partial charge in [0.15, 0.2) is 0 Å². The molecular weight excluding hydrogens is 348 g/mol. The van der Waals surface area contributed by atoms with E-state index in [-0.39, 0.29) is 30.1 Å². The predicted octanol–water partition coefficient (Wildman–Crippen LogP) is 2.17. The van der Waals surface area contributed by atoms with Crippen molar-refractivity contribution < 1.29 is 24.2 Å². The van der Waals surface area contributed by atoms with Crippen molar-refractivity contribution in [2.24, 2.45) is 5.41 Å². The third-order valence-electron chi connectivity index (χ3n) is 6.26. The topological polar surface area (TPSA) is 79.3 Å². The summed E-state index contributed by atoms with van der Waals surface area (Å²) < 4.78 is 11.0. The SMILES string of the molecule is C[C@@H]1CN(CC2(O)CCN(C(=O)OC(C)(C)C)CC23CCCC3)C(=O)CO1. The molecule has 2 saturated heterocycles. The Bertz CT molecular complexity index is 581. The predicted molar refractivity (Wildman–Crippen MR) is 100 cm³/mol. The summed E-state index contributed by atoms with van der Waals surface area (Å²) in [5.41, 5.74) is -1.89. The van der Waals surface area contributed by atoms with Crippen molar-refractivity contribution in [1.29, 1.82) is 0 Å². The van der Waals surface area contributed by atoms with E-state index >= 15 is 0 Å². The quantitative estimate of drug-likeness (QED) is 0.792. The number of likely N-dealkylation sites (tertiary alicyclic amines) is 1. The summed E-state index contributed by atoms with van der Waals surface area (Å²) in [5, 5.41) is 11.7. The molecule has 7 heteroatoms. The van der Waals surface area contributed by atoms with Gasteiger partial charge in [0.05, 0.1) is 18.2 Å². The Hall–Kier alpha value is -1.34. The lowest BCUT2D eigenvalue weighted by atomic mass is 9.65. The summed E-state index contributed by atoms with van der Waals surface area (Å²) in [6, 6.07) is 0. The number of ether oxygens (including phenoxy) is 2. The Morgan fingerprint density at radius 3 is 2.59 bits per heavy atom. The van der Waals surface area contributed by atoms with Crippen molar-refractivity contribution in [2.75, 3.05) is 32.8 Å². The first-order chi connectivity index (χ1) is 12.5. The molecule has 0 bridgehead atoms. The van der Waals surface area contributed by atoms with Gasteiger partial charge in [-0.1, -0.05) is 12.8 Å². The smallest absolute Gasteiger partial charge is 0.410 e. The van der Waals surface area contributed by atoms with Crippen LogP contribution in [0.5, 0.6) is 0 Å². The molecule has 3 fully saturated rings. The van der Waals surface area contributed by atoms with Crippen LogP contribution in [0.2, 0.25) is 0 Å². The van der Waals surface area contributed by atoms with Gasteiger partial charge in [0.25, 0.3) is 0 Å². The molecule has 0 aromatic heterocycles.